The number of halogens is 1. The van der Waals surface area contributed by atoms with Crippen LogP contribution in [0.4, 0.5) is 4.39 Å². The van der Waals surface area contributed by atoms with Gasteiger partial charge in [-0.2, -0.15) is 0 Å². The second kappa shape index (κ2) is 5.44. The molecule has 16 heavy (non-hydrogen) atoms. The quantitative estimate of drug-likeness (QED) is 0.827. The summed E-state index contributed by atoms with van der Waals surface area (Å²) in [5.41, 5.74) is 2.32. The van der Waals surface area contributed by atoms with E-state index in [-0.39, 0.29) is 6.04 Å². The fourth-order valence-electron chi connectivity index (χ4n) is 2.39. The average Bonchev–Trinajstić information content (AvgIpc) is 2.30. The van der Waals surface area contributed by atoms with Gasteiger partial charge in [-0.05, 0) is 31.9 Å². The third-order valence-electron chi connectivity index (χ3n) is 3.30. The molecule has 2 heteroatoms. The lowest BCUT2D eigenvalue weighted by Crippen LogP contribution is -2.42. The van der Waals surface area contributed by atoms with Crippen molar-refractivity contribution in [1.29, 1.82) is 0 Å². The maximum absolute atomic E-state index is 14.0. The van der Waals surface area contributed by atoms with Gasteiger partial charge in [-0.15, -0.1) is 0 Å². The molecule has 88 valence electrons. The topological polar surface area (TPSA) is 12.0 Å². The fraction of sp³-hybridized carbons (Fsp3) is 0.571. The molecule has 1 aromatic carbocycles. The summed E-state index contributed by atoms with van der Waals surface area (Å²) in [5, 5.41) is 3.28. The Morgan fingerprint density at radius 2 is 2.31 bits per heavy atom. The van der Waals surface area contributed by atoms with Crippen molar-refractivity contribution in [2.45, 2.75) is 44.8 Å². The summed E-state index contributed by atoms with van der Waals surface area (Å²) >= 11 is 0. The lowest BCUT2D eigenvalue weighted by molar-refractivity contribution is 0.217. The number of hydrogen-bond acceptors (Lipinski definition) is 1. The van der Waals surface area contributed by atoms with Crippen LogP contribution >= 0.6 is 0 Å². The SMILES string of the molecule is Cc1cccc(CC(F)C2CCCCN2)c1. The summed E-state index contributed by atoms with van der Waals surface area (Å²) in [4.78, 5) is 0. The highest BCUT2D eigenvalue weighted by Gasteiger charge is 2.22. The number of hydrogen-bond donors (Lipinski definition) is 1. The number of nitrogens with one attached hydrogen (secondary N) is 1. The van der Waals surface area contributed by atoms with Gasteiger partial charge in [0.25, 0.3) is 0 Å². The van der Waals surface area contributed by atoms with E-state index in [1.165, 1.54) is 12.0 Å². The monoisotopic (exact) mass is 221 g/mol. The smallest absolute Gasteiger partial charge is 0.119 e. The molecule has 0 aliphatic carbocycles. The third-order valence-corrected chi connectivity index (χ3v) is 3.30. The summed E-state index contributed by atoms with van der Waals surface area (Å²) in [5.74, 6) is 0. The van der Waals surface area contributed by atoms with Crippen molar-refractivity contribution < 1.29 is 4.39 Å². The molecule has 0 aromatic heterocycles. The van der Waals surface area contributed by atoms with E-state index in [1.807, 2.05) is 12.1 Å². The van der Waals surface area contributed by atoms with E-state index >= 15 is 0 Å². The molecule has 2 unspecified atom stereocenters. The minimum Gasteiger partial charge on any atom is -0.311 e. The zero-order valence-corrected chi connectivity index (χ0v) is 9.88. The van der Waals surface area contributed by atoms with Crippen LogP contribution in [-0.2, 0) is 6.42 Å². The largest absolute Gasteiger partial charge is 0.311 e. The van der Waals surface area contributed by atoms with Crippen LogP contribution < -0.4 is 5.32 Å². The van der Waals surface area contributed by atoms with Crippen LogP contribution in [0.15, 0.2) is 24.3 Å². The third kappa shape index (κ3) is 3.05. The molecule has 0 bridgehead atoms. The maximum Gasteiger partial charge on any atom is 0.119 e. The number of alkyl halides is 1. The Hall–Kier alpha value is -0.890. The van der Waals surface area contributed by atoms with Crippen molar-refractivity contribution in [3.63, 3.8) is 0 Å². The average molecular weight is 221 g/mol. The summed E-state index contributed by atoms with van der Waals surface area (Å²) in [6, 6.07) is 8.22. The van der Waals surface area contributed by atoms with Crippen molar-refractivity contribution in [1.82, 2.24) is 5.32 Å². The van der Waals surface area contributed by atoms with Gasteiger partial charge in [0, 0.05) is 12.5 Å². The first-order chi connectivity index (χ1) is 7.75. The minimum absolute atomic E-state index is 0.0641. The molecule has 1 aliphatic rings. The van der Waals surface area contributed by atoms with Crippen LogP contribution in [0.1, 0.15) is 30.4 Å². The molecule has 0 amide bonds. The van der Waals surface area contributed by atoms with Crippen molar-refractivity contribution >= 4 is 0 Å². The molecule has 2 atom stereocenters. The maximum atomic E-state index is 14.0. The second-order valence-electron chi connectivity index (χ2n) is 4.77. The van der Waals surface area contributed by atoms with Gasteiger partial charge >= 0.3 is 0 Å². The molecular formula is C14H20FN. The predicted octanol–water partition coefficient (Wildman–Crippen LogP) is 3.02. The highest BCUT2D eigenvalue weighted by molar-refractivity contribution is 5.23. The Labute approximate surface area is 97.1 Å². The summed E-state index contributed by atoms with van der Waals surface area (Å²) in [6.45, 7) is 3.02. The van der Waals surface area contributed by atoms with Crippen molar-refractivity contribution in [3.05, 3.63) is 35.4 Å². The van der Waals surface area contributed by atoms with Gasteiger partial charge in [0.1, 0.15) is 6.17 Å². The van der Waals surface area contributed by atoms with Crippen LogP contribution in [-0.4, -0.2) is 18.8 Å². The highest BCUT2D eigenvalue weighted by Crippen LogP contribution is 2.17. The van der Waals surface area contributed by atoms with Gasteiger partial charge in [0.2, 0.25) is 0 Å². The lowest BCUT2D eigenvalue weighted by Gasteiger charge is -2.26. The number of piperidine rings is 1. The Morgan fingerprint density at radius 1 is 1.44 bits per heavy atom. The van der Waals surface area contributed by atoms with E-state index in [9.17, 15) is 4.39 Å². The van der Waals surface area contributed by atoms with Crippen molar-refractivity contribution in [2.75, 3.05) is 6.54 Å². The lowest BCUT2D eigenvalue weighted by atomic mass is 9.96. The summed E-state index contributed by atoms with van der Waals surface area (Å²) < 4.78 is 14.0. The first-order valence-electron chi connectivity index (χ1n) is 6.19. The Kier molecular flexibility index (Phi) is 3.94. The first kappa shape index (κ1) is 11.6. The van der Waals surface area contributed by atoms with Gasteiger partial charge in [-0.1, -0.05) is 36.2 Å². The van der Waals surface area contributed by atoms with Crippen LogP contribution in [0.3, 0.4) is 0 Å². The molecule has 2 rings (SSSR count). The normalized spacial score (nSPS) is 23.0. The molecule has 0 spiro atoms. The molecule has 1 aromatic rings. The fourth-order valence-corrected chi connectivity index (χ4v) is 2.39. The zero-order chi connectivity index (χ0) is 11.4. The number of aryl methyl sites for hydroxylation is 1. The van der Waals surface area contributed by atoms with Gasteiger partial charge in [0.15, 0.2) is 0 Å². The van der Waals surface area contributed by atoms with E-state index < -0.39 is 6.17 Å². The molecule has 1 heterocycles. The molecule has 1 aliphatic heterocycles. The molecule has 1 N–H and O–H groups in total. The van der Waals surface area contributed by atoms with Crippen LogP contribution in [0.5, 0.6) is 0 Å². The molecule has 1 nitrogen and oxygen atoms in total. The van der Waals surface area contributed by atoms with E-state index in [4.69, 9.17) is 0 Å². The summed E-state index contributed by atoms with van der Waals surface area (Å²) in [7, 11) is 0. The van der Waals surface area contributed by atoms with Gasteiger partial charge < -0.3 is 5.32 Å². The first-order valence-corrected chi connectivity index (χ1v) is 6.19. The Bertz CT molecular complexity index is 331. The molecule has 1 saturated heterocycles. The van der Waals surface area contributed by atoms with Crippen LogP contribution in [0, 0.1) is 6.92 Å². The predicted molar refractivity (Wildman–Crippen MR) is 65.4 cm³/mol. The van der Waals surface area contributed by atoms with Gasteiger partial charge in [-0.3, -0.25) is 0 Å². The molecule has 0 radical (unpaired) electrons. The van der Waals surface area contributed by atoms with E-state index in [2.05, 4.69) is 24.4 Å². The second-order valence-corrected chi connectivity index (χ2v) is 4.77. The number of rotatable bonds is 3. The van der Waals surface area contributed by atoms with Crippen LogP contribution in [0.2, 0.25) is 0 Å². The van der Waals surface area contributed by atoms with Crippen LogP contribution in [0.25, 0.3) is 0 Å². The Balaban J connectivity index is 1.93. The van der Waals surface area contributed by atoms with E-state index in [0.717, 1.165) is 24.9 Å². The molecular weight excluding hydrogens is 201 g/mol. The minimum atomic E-state index is -0.748. The molecule has 0 saturated carbocycles. The van der Waals surface area contributed by atoms with Gasteiger partial charge in [-0.25, -0.2) is 4.39 Å². The number of benzene rings is 1. The van der Waals surface area contributed by atoms with Crippen molar-refractivity contribution in [2.24, 2.45) is 0 Å². The van der Waals surface area contributed by atoms with E-state index in [1.54, 1.807) is 0 Å². The van der Waals surface area contributed by atoms with E-state index in [0.29, 0.717) is 6.42 Å². The molecule has 1 fully saturated rings. The standard InChI is InChI=1S/C14H20FN/c1-11-5-4-6-12(9-11)10-13(15)14-7-2-3-8-16-14/h4-6,9,13-14,16H,2-3,7-8,10H2,1H3. The highest BCUT2D eigenvalue weighted by atomic mass is 19.1. The van der Waals surface area contributed by atoms with Gasteiger partial charge in [0.05, 0.1) is 0 Å². The Morgan fingerprint density at radius 3 is 3.00 bits per heavy atom. The van der Waals surface area contributed by atoms with Crippen molar-refractivity contribution in [3.8, 4) is 0 Å². The summed E-state index contributed by atoms with van der Waals surface area (Å²) in [6.07, 6.45) is 3.12. The zero-order valence-electron chi connectivity index (χ0n) is 9.88.